The summed E-state index contributed by atoms with van der Waals surface area (Å²) < 4.78 is 18.6. The lowest BCUT2D eigenvalue weighted by molar-refractivity contribution is -0.134. The van der Waals surface area contributed by atoms with Crippen molar-refractivity contribution in [2.24, 2.45) is 11.8 Å². The van der Waals surface area contributed by atoms with Gasteiger partial charge in [-0.15, -0.1) is 0 Å². The van der Waals surface area contributed by atoms with Gasteiger partial charge in [-0.1, -0.05) is 82.7 Å². The highest BCUT2D eigenvalue weighted by atomic mass is 35.5. The van der Waals surface area contributed by atoms with E-state index in [2.05, 4.69) is 6.92 Å². The Kier molecular flexibility index (Phi) is 9.45. The molecule has 146 valence electrons. The lowest BCUT2D eigenvalue weighted by Gasteiger charge is -2.28. The molecular formula is C22H32ClFO2. The fourth-order valence-corrected chi connectivity index (χ4v) is 4.01. The SMILES string of the molecule is CCCCCCC[C@H]1CC[C@H](CCC(=O)Oc2ccc(Cl)c(F)c2)CC1. The smallest absolute Gasteiger partial charge is 0.311 e. The molecule has 1 aliphatic carbocycles. The van der Waals surface area contributed by atoms with Gasteiger partial charge < -0.3 is 4.74 Å². The fraction of sp³-hybridized carbons (Fsp3) is 0.682. The monoisotopic (exact) mass is 382 g/mol. The summed E-state index contributed by atoms with van der Waals surface area (Å²) in [4.78, 5) is 12.0. The number of ether oxygens (including phenoxy) is 1. The van der Waals surface area contributed by atoms with Crippen molar-refractivity contribution in [2.75, 3.05) is 0 Å². The van der Waals surface area contributed by atoms with Gasteiger partial charge in [0.25, 0.3) is 0 Å². The Morgan fingerprint density at radius 2 is 1.73 bits per heavy atom. The molecule has 4 heteroatoms. The summed E-state index contributed by atoms with van der Waals surface area (Å²) in [7, 11) is 0. The van der Waals surface area contributed by atoms with Gasteiger partial charge in [0.05, 0.1) is 5.02 Å². The Labute approximate surface area is 162 Å². The zero-order valence-electron chi connectivity index (χ0n) is 15.9. The highest BCUT2D eigenvalue weighted by molar-refractivity contribution is 6.30. The average Bonchev–Trinajstić information content (AvgIpc) is 2.64. The minimum atomic E-state index is -0.565. The van der Waals surface area contributed by atoms with Gasteiger partial charge in [0.2, 0.25) is 0 Å². The van der Waals surface area contributed by atoms with Gasteiger partial charge in [-0.05, 0) is 30.4 Å². The summed E-state index contributed by atoms with van der Waals surface area (Å²) in [5, 5.41) is 0.0342. The van der Waals surface area contributed by atoms with Crippen molar-refractivity contribution in [2.45, 2.75) is 84.0 Å². The molecule has 2 rings (SSSR count). The third-order valence-electron chi connectivity index (χ3n) is 5.56. The van der Waals surface area contributed by atoms with Crippen LogP contribution in [0, 0.1) is 17.7 Å². The number of hydrogen-bond donors (Lipinski definition) is 0. The summed E-state index contributed by atoms with van der Waals surface area (Å²) in [6.45, 7) is 2.25. The molecule has 2 nitrogen and oxygen atoms in total. The first-order valence-electron chi connectivity index (χ1n) is 10.2. The van der Waals surface area contributed by atoms with E-state index >= 15 is 0 Å². The molecule has 0 spiro atoms. The van der Waals surface area contributed by atoms with E-state index in [1.807, 2.05) is 0 Å². The Bertz CT molecular complexity index is 553. The third-order valence-corrected chi connectivity index (χ3v) is 5.87. The van der Waals surface area contributed by atoms with Gasteiger partial charge in [0, 0.05) is 12.5 Å². The minimum absolute atomic E-state index is 0.0342. The van der Waals surface area contributed by atoms with E-state index in [-0.39, 0.29) is 16.7 Å². The lowest BCUT2D eigenvalue weighted by Crippen LogP contribution is -2.17. The van der Waals surface area contributed by atoms with Crippen molar-refractivity contribution >= 4 is 17.6 Å². The Morgan fingerprint density at radius 1 is 1.08 bits per heavy atom. The molecule has 0 amide bonds. The molecule has 1 saturated carbocycles. The summed E-state index contributed by atoms with van der Waals surface area (Å²) in [6, 6.07) is 4.09. The lowest BCUT2D eigenvalue weighted by atomic mass is 9.78. The quantitative estimate of drug-likeness (QED) is 0.240. The van der Waals surface area contributed by atoms with Crippen LogP contribution in [0.2, 0.25) is 5.02 Å². The van der Waals surface area contributed by atoms with Crippen molar-refractivity contribution in [1.29, 1.82) is 0 Å². The molecular weight excluding hydrogens is 351 g/mol. The number of hydrogen-bond acceptors (Lipinski definition) is 2. The third kappa shape index (κ3) is 7.65. The normalized spacial score (nSPS) is 20.1. The van der Waals surface area contributed by atoms with Gasteiger partial charge in [0.1, 0.15) is 11.6 Å². The van der Waals surface area contributed by atoms with E-state index in [9.17, 15) is 9.18 Å². The second kappa shape index (κ2) is 11.6. The molecule has 1 aromatic rings. The van der Waals surface area contributed by atoms with Crippen LogP contribution in [0.3, 0.4) is 0 Å². The van der Waals surface area contributed by atoms with E-state index < -0.39 is 5.82 Å². The average molecular weight is 383 g/mol. The summed E-state index contributed by atoms with van der Waals surface area (Å²) >= 11 is 5.63. The molecule has 0 aromatic heterocycles. The molecule has 0 aliphatic heterocycles. The number of carbonyl (C=O) groups excluding carboxylic acids is 1. The van der Waals surface area contributed by atoms with E-state index in [0.717, 1.165) is 18.4 Å². The molecule has 0 bridgehead atoms. The number of halogens is 2. The summed E-state index contributed by atoms with van der Waals surface area (Å²) in [5.41, 5.74) is 0. The van der Waals surface area contributed by atoms with Crippen LogP contribution in [0.25, 0.3) is 0 Å². The van der Waals surface area contributed by atoms with Crippen LogP contribution in [0.5, 0.6) is 5.75 Å². The molecule has 1 aromatic carbocycles. The molecule has 1 fully saturated rings. The standard InChI is InChI=1S/C22H32ClFO2/c1-2-3-4-5-6-7-17-8-10-18(11-9-17)12-15-22(25)26-19-13-14-20(23)21(24)16-19/h13-14,16-18H,2-12,15H2,1H3/t17-,18-. The Balaban J connectivity index is 1.59. The van der Waals surface area contributed by atoms with Gasteiger partial charge >= 0.3 is 5.97 Å². The van der Waals surface area contributed by atoms with Gasteiger partial charge in [-0.25, -0.2) is 4.39 Å². The number of unbranched alkanes of at least 4 members (excludes halogenated alkanes) is 4. The first kappa shape index (κ1) is 21.2. The van der Waals surface area contributed by atoms with E-state index in [1.165, 1.54) is 76.3 Å². The van der Waals surface area contributed by atoms with Crippen molar-refractivity contribution in [3.63, 3.8) is 0 Å². The Hall–Kier alpha value is -1.09. The number of esters is 1. The second-order valence-corrected chi connectivity index (χ2v) is 8.09. The highest BCUT2D eigenvalue weighted by Crippen LogP contribution is 2.34. The Morgan fingerprint density at radius 3 is 2.38 bits per heavy atom. The molecule has 1 aliphatic rings. The van der Waals surface area contributed by atoms with Crippen molar-refractivity contribution in [3.8, 4) is 5.75 Å². The molecule has 0 unspecified atom stereocenters. The summed E-state index contributed by atoms with van der Waals surface area (Å²) in [5.74, 6) is 0.885. The minimum Gasteiger partial charge on any atom is -0.426 e. The highest BCUT2D eigenvalue weighted by Gasteiger charge is 2.21. The molecule has 26 heavy (non-hydrogen) atoms. The van der Waals surface area contributed by atoms with Crippen LogP contribution in [0.4, 0.5) is 4.39 Å². The predicted octanol–water partition coefficient (Wildman–Crippen LogP) is 7.33. The van der Waals surface area contributed by atoms with Gasteiger partial charge in [0.15, 0.2) is 0 Å². The molecule has 0 radical (unpaired) electrons. The maximum Gasteiger partial charge on any atom is 0.311 e. The zero-order valence-corrected chi connectivity index (χ0v) is 16.7. The van der Waals surface area contributed by atoms with E-state index in [0.29, 0.717) is 12.3 Å². The first-order valence-corrected chi connectivity index (χ1v) is 10.6. The fourth-order valence-electron chi connectivity index (χ4n) is 3.89. The van der Waals surface area contributed by atoms with Crippen LogP contribution in [0.1, 0.15) is 84.0 Å². The molecule has 0 saturated heterocycles. The van der Waals surface area contributed by atoms with E-state index in [4.69, 9.17) is 16.3 Å². The van der Waals surface area contributed by atoms with E-state index in [1.54, 1.807) is 0 Å². The van der Waals surface area contributed by atoms with Crippen LogP contribution < -0.4 is 4.74 Å². The van der Waals surface area contributed by atoms with Gasteiger partial charge in [-0.3, -0.25) is 4.79 Å². The second-order valence-electron chi connectivity index (χ2n) is 7.68. The number of benzene rings is 1. The van der Waals surface area contributed by atoms with Crippen molar-refractivity contribution < 1.29 is 13.9 Å². The first-order chi connectivity index (χ1) is 12.6. The zero-order chi connectivity index (χ0) is 18.8. The van der Waals surface area contributed by atoms with Gasteiger partial charge in [-0.2, -0.15) is 0 Å². The number of rotatable bonds is 10. The van der Waals surface area contributed by atoms with Crippen LogP contribution in [0.15, 0.2) is 18.2 Å². The van der Waals surface area contributed by atoms with Crippen LogP contribution in [-0.4, -0.2) is 5.97 Å². The molecule has 0 heterocycles. The van der Waals surface area contributed by atoms with Crippen molar-refractivity contribution in [1.82, 2.24) is 0 Å². The van der Waals surface area contributed by atoms with Crippen LogP contribution in [-0.2, 0) is 4.79 Å². The van der Waals surface area contributed by atoms with Crippen LogP contribution >= 0.6 is 11.6 Å². The maximum absolute atomic E-state index is 13.4. The maximum atomic E-state index is 13.4. The number of carbonyl (C=O) groups is 1. The molecule has 0 N–H and O–H groups in total. The molecule has 0 atom stereocenters. The summed E-state index contributed by atoms with van der Waals surface area (Å²) in [6.07, 6.45) is 14.5. The topological polar surface area (TPSA) is 26.3 Å². The largest absolute Gasteiger partial charge is 0.426 e. The van der Waals surface area contributed by atoms with Crippen molar-refractivity contribution in [3.05, 3.63) is 29.0 Å². The predicted molar refractivity (Wildman–Crippen MR) is 105 cm³/mol.